The number of carbonyl (C=O) groups is 1. The third-order valence-electron chi connectivity index (χ3n) is 3.18. The topological polar surface area (TPSA) is 60.0 Å². The smallest absolute Gasteiger partial charge is 0.240 e. The largest absolute Gasteiger partial charge is 0.352 e. The second kappa shape index (κ2) is 6.09. The average Bonchev–Trinajstić information content (AvgIpc) is 2.66. The second-order valence-electron chi connectivity index (χ2n) is 5.70. The molecule has 108 valence electrons. The van der Waals surface area contributed by atoms with Crippen LogP contribution in [-0.4, -0.2) is 22.6 Å². The van der Waals surface area contributed by atoms with Crippen LogP contribution < -0.4 is 11.1 Å². The summed E-state index contributed by atoms with van der Waals surface area (Å²) in [5.41, 5.74) is 8.19. The molecule has 1 unspecified atom stereocenters. The summed E-state index contributed by atoms with van der Waals surface area (Å²) in [5, 5.41) is 4.10. The van der Waals surface area contributed by atoms with Gasteiger partial charge in [-0.15, -0.1) is 0 Å². The zero-order chi connectivity index (χ0) is 14.7. The molecule has 1 aromatic heterocycles. The van der Waals surface area contributed by atoms with Crippen LogP contribution >= 0.6 is 0 Å². The van der Waals surface area contributed by atoms with Crippen molar-refractivity contribution in [2.45, 2.75) is 45.8 Å². The molecule has 0 bridgehead atoms. The third-order valence-corrected chi connectivity index (χ3v) is 3.18. The Kier molecular flexibility index (Phi) is 4.45. The minimum atomic E-state index is 0.0353. The predicted molar refractivity (Wildman–Crippen MR) is 82.6 cm³/mol. The highest BCUT2D eigenvalue weighted by Gasteiger charge is 2.12. The lowest BCUT2D eigenvalue weighted by atomic mass is 10.1. The molecule has 1 heterocycles. The number of amides is 1. The summed E-state index contributed by atoms with van der Waals surface area (Å²) in [6.07, 6.45) is 2.87. The summed E-state index contributed by atoms with van der Waals surface area (Å²) in [4.78, 5) is 11.9. The fourth-order valence-corrected chi connectivity index (χ4v) is 2.49. The Morgan fingerprint density at radius 3 is 2.65 bits per heavy atom. The molecule has 0 aliphatic carbocycles. The first-order valence-electron chi connectivity index (χ1n) is 7.09. The Bertz CT molecular complexity index is 599. The van der Waals surface area contributed by atoms with Crippen LogP contribution in [0.3, 0.4) is 0 Å². The SMILES string of the molecule is CC(N)Cc1cn(CC(=O)NC(C)C)c2ccccc12. The molecule has 1 aromatic carbocycles. The van der Waals surface area contributed by atoms with Crippen molar-refractivity contribution in [1.29, 1.82) is 0 Å². The van der Waals surface area contributed by atoms with Gasteiger partial charge >= 0.3 is 0 Å². The van der Waals surface area contributed by atoms with E-state index in [0.717, 1.165) is 11.9 Å². The van der Waals surface area contributed by atoms with Crippen molar-refractivity contribution in [1.82, 2.24) is 9.88 Å². The standard InChI is InChI=1S/C16H23N3O/c1-11(2)18-16(20)10-19-9-13(8-12(3)17)14-6-4-5-7-15(14)19/h4-7,9,11-12H,8,10,17H2,1-3H3,(H,18,20). The summed E-state index contributed by atoms with van der Waals surface area (Å²) < 4.78 is 2.00. The molecule has 0 aliphatic heterocycles. The van der Waals surface area contributed by atoms with Crippen molar-refractivity contribution < 1.29 is 4.79 Å². The minimum Gasteiger partial charge on any atom is -0.352 e. The van der Waals surface area contributed by atoms with E-state index in [0.29, 0.717) is 6.54 Å². The molecule has 4 heteroatoms. The Labute approximate surface area is 120 Å². The number of nitrogens with two attached hydrogens (primary N) is 1. The van der Waals surface area contributed by atoms with Gasteiger partial charge in [0, 0.05) is 29.2 Å². The monoisotopic (exact) mass is 273 g/mol. The van der Waals surface area contributed by atoms with Gasteiger partial charge in [0.2, 0.25) is 5.91 Å². The van der Waals surface area contributed by atoms with Gasteiger partial charge in [-0.2, -0.15) is 0 Å². The van der Waals surface area contributed by atoms with Gasteiger partial charge in [0.15, 0.2) is 0 Å². The Morgan fingerprint density at radius 1 is 1.30 bits per heavy atom. The van der Waals surface area contributed by atoms with Crippen molar-refractivity contribution in [2.24, 2.45) is 5.73 Å². The van der Waals surface area contributed by atoms with Crippen molar-refractivity contribution in [3.05, 3.63) is 36.0 Å². The van der Waals surface area contributed by atoms with Gasteiger partial charge in [0.05, 0.1) is 0 Å². The number of hydrogen-bond acceptors (Lipinski definition) is 2. The van der Waals surface area contributed by atoms with E-state index in [4.69, 9.17) is 5.73 Å². The molecule has 0 radical (unpaired) electrons. The minimum absolute atomic E-state index is 0.0353. The maximum Gasteiger partial charge on any atom is 0.240 e. The van der Waals surface area contributed by atoms with Gasteiger partial charge in [-0.05, 0) is 38.8 Å². The number of benzene rings is 1. The normalized spacial score (nSPS) is 12.8. The zero-order valence-corrected chi connectivity index (χ0v) is 12.4. The van der Waals surface area contributed by atoms with Crippen LogP contribution in [-0.2, 0) is 17.8 Å². The van der Waals surface area contributed by atoms with E-state index in [9.17, 15) is 4.79 Å². The number of rotatable bonds is 5. The van der Waals surface area contributed by atoms with Gasteiger partial charge in [-0.1, -0.05) is 18.2 Å². The van der Waals surface area contributed by atoms with E-state index in [1.165, 1.54) is 10.9 Å². The van der Waals surface area contributed by atoms with E-state index in [1.807, 2.05) is 49.7 Å². The molecule has 20 heavy (non-hydrogen) atoms. The Hall–Kier alpha value is -1.81. The first kappa shape index (κ1) is 14.6. The number of aromatic nitrogens is 1. The molecule has 3 N–H and O–H groups in total. The van der Waals surface area contributed by atoms with E-state index >= 15 is 0 Å². The highest BCUT2D eigenvalue weighted by Crippen LogP contribution is 2.22. The maximum atomic E-state index is 11.9. The highest BCUT2D eigenvalue weighted by atomic mass is 16.2. The molecule has 2 aromatic rings. The van der Waals surface area contributed by atoms with Crippen LogP contribution in [0.15, 0.2) is 30.5 Å². The van der Waals surface area contributed by atoms with E-state index in [1.54, 1.807) is 0 Å². The van der Waals surface area contributed by atoms with Crippen LogP contribution in [0.2, 0.25) is 0 Å². The van der Waals surface area contributed by atoms with Gasteiger partial charge in [0.25, 0.3) is 0 Å². The number of para-hydroxylation sites is 1. The molecule has 4 nitrogen and oxygen atoms in total. The quantitative estimate of drug-likeness (QED) is 0.876. The van der Waals surface area contributed by atoms with Gasteiger partial charge in [-0.3, -0.25) is 4.79 Å². The summed E-state index contributed by atoms with van der Waals surface area (Å²) >= 11 is 0. The van der Waals surface area contributed by atoms with Gasteiger partial charge < -0.3 is 15.6 Å². The van der Waals surface area contributed by atoms with Crippen LogP contribution in [0.25, 0.3) is 10.9 Å². The zero-order valence-electron chi connectivity index (χ0n) is 12.4. The lowest BCUT2D eigenvalue weighted by molar-refractivity contribution is -0.122. The first-order valence-corrected chi connectivity index (χ1v) is 7.09. The summed E-state index contributed by atoms with van der Waals surface area (Å²) in [7, 11) is 0. The summed E-state index contributed by atoms with van der Waals surface area (Å²) in [6, 6.07) is 8.42. The van der Waals surface area contributed by atoms with Crippen LogP contribution in [0.5, 0.6) is 0 Å². The summed E-state index contributed by atoms with van der Waals surface area (Å²) in [5.74, 6) is 0.0353. The lowest BCUT2D eigenvalue weighted by Crippen LogP contribution is -2.32. The van der Waals surface area contributed by atoms with E-state index < -0.39 is 0 Å². The molecule has 2 rings (SSSR count). The van der Waals surface area contributed by atoms with E-state index in [2.05, 4.69) is 11.4 Å². The number of nitrogens with zero attached hydrogens (tertiary/aromatic N) is 1. The van der Waals surface area contributed by atoms with E-state index in [-0.39, 0.29) is 18.0 Å². The molecule has 1 atom stereocenters. The van der Waals surface area contributed by atoms with Crippen molar-refractivity contribution in [2.75, 3.05) is 0 Å². The maximum absolute atomic E-state index is 11.9. The van der Waals surface area contributed by atoms with Crippen LogP contribution in [0.4, 0.5) is 0 Å². The van der Waals surface area contributed by atoms with Crippen LogP contribution in [0, 0.1) is 0 Å². The summed E-state index contributed by atoms with van der Waals surface area (Å²) in [6.45, 7) is 6.27. The van der Waals surface area contributed by atoms with Crippen molar-refractivity contribution in [3.8, 4) is 0 Å². The molecule has 0 saturated carbocycles. The molecule has 0 aliphatic rings. The highest BCUT2D eigenvalue weighted by molar-refractivity contribution is 5.86. The van der Waals surface area contributed by atoms with Gasteiger partial charge in [-0.25, -0.2) is 0 Å². The fourth-order valence-electron chi connectivity index (χ4n) is 2.49. The molecular formula is C16H23N3O. The fraction of sp³-hybridized carbons (Fsp3) is 0.438. The number of nitrogens with one attached hydrogen (secondary N) is 1. The number of carbonyl (C=O) groups excluding carboxylic acids is 1. The first-order chi connectivity index (χ1) is 9.47. The van der Waals surface area contributed by atoms with Crippen molar-refractivity contribution in [3.63, 3.8) is 0 Å². The molecule has 1 amide bonds. The average molecular weight is 273 g/mol. The Morgan fingerprint density at radius 2 is 2.00 bits per heavy atom. The number of fused-ring (bicyclic) bond motifs is 1. The second-order valence-corrected chi connectivity index (χ2v) is 5.70. The van der Waals surface area contributed by atoms with Crippen molar-refractivity contribution >= 4 is 16.8 Å². The molecular weight excluding hydrogens is 250 g/mol. The number of hydrogen-bond donors (Lipinski definition) is 2. The molecule has 0 spiro atoms. The molecule has 0 fully saturated rings. The predicted octanol–water partition coefficient (Wildman–Crippen LogP) is 2.06. The van der Waals surface area contributed by atoms with Crippen LogP contribution in [0.1, 0.15) is 26.3 Å². The van der Waals surface area contributed by atoms with Gasteiger partial charge in [0.1, 0.15) is 6.54 Å². The lowest BCUT2D eigenvalue weighted by Gasteiger charge is -2.09. The third kappa shape index (κ3) is 3.39. The Balaban J connectivity index is 2.31. The molecule has 0 saturated heterocycles.